The van der Waals surface area contributed by atoms with Crippen LogP contribution in [0.1, 0.15) is 5.56 Å². The first kappa shape index (κ1) is 7.62. The molecule has 0 amide bonds. The molecule has 1 nitrogen and oxygen atoms in total. The van der Waals surface area contributed by atoms with Gasteiger partial charge in [-0.25, -0.2) is 0 Å². The maximum atomic E-state index is 5.18. The summed E-state index contributed by atoms with van der Waals surface area (Å²) in [6.07, 6.45) is 0. The van der Waals surface area contributed by atoms with Crippen LogP contribution in [-0.4, -0.2) is 7.11 Å². The number of hydrogen-bond acceptors (Lipinski definition) is 2. The van der Waals surface area contributed by atoms with Crippen molar-refractivity contribution in [3.8, 4) is 5.75 Å². The van der Waals surface area contributed by atoms with Gasteiger partial charge in [-0.2, -0.15) is 0 Å². The Labute approximate surface area is 75.6 Å². The first-order valence-corrected chi connectivity index (χ1v) is 4.71. The summed E-state index contributed by atoms with van der Waals surface area (Å²) in [5.41, 5.74) is 1.29. The van der Waals surface area contributed by atoms with Crippen molar-refractivity contribution in [3.63, 3.8) is 0 Å². The number of fused-ring (bicyclic) bond motifs is 1. The lowest BCUT2D eigenvalue weighted by Gasteiger charge is -2.01. The molecule has 0 N–H and O–H groups in total. The van der Waals surface area contributed by atoms with E-state index in [0.29, 0.717) is 0 Å². The molecule has 1 aromatic heterocycles. The Morgan fingerprint density at radius 2 is 2.17 bits per heavy atom. The number of rotatable bonds is 1. The zero-order valence-corrected chi connectivity index (χ0v) is 7.94. The van der Waals surface area contributed by atoms with E-state index in [-0.39, 0.29) is 0 Å². The minimum absolute atomic E-state index is 0.943. The van der Waals surface area contributed by atoms with Gasteiger partial charge in [0.15, 0.2) is 0 Å². The highest BCUT2D eigenvalue weighted by molar-refractivity contribution is 7.17. The average Bonchev–Trinajstić information content (AvgIpc) is 2.52. The van der Waals surface area contributed by atoms with Crippen molar-refractivity contribution >= 4 is 21.4 Å². The molecule has 0 aliphatic heterocycles. The summed E-state index contributed by atoms with van der Waals surface area (Å²) in [5, 5.41) is 3.38. The fourth-order valence-electron chi connectivity index (χ4n) is 1.35. The molecule has 0 atom stereocenters. The summed E-state index contributed by atoms with van der Waals surface area (Å²) in [4.78, 5) is 0. The number of thiophene rings is 1. The lowest BCUT2D eigenvalue weighted by Crippen LogP contribution is -1.82. The molecule has 0 aliphatic rings. The zero-order chi connectivity index (χ0) is 8.55. The van der Waals surface area contributed by atoms with Crippen molar-refractivity contribution in [1.29, 1.82) is 0 Å². The van der Waals surface area contributed by atoms with E-state index in [9.17, 15) is 0 Å². The molecule has 12 heavy (non-hydrogen) atoms. The van der Waals surface area contributed by atoms with Crippen LogP contribution in [0.2, 0.25) is 0 Å². The largest absolute Gasteiger partial charge is 0.497 e. The van der Waals surface area contributed by atoms with Gasteiger partial charge in [0, 0.05) is 4.70 Å². The molecule has 1 aromatic carbocycles. The lowest BCUT2D eigenvalue weighted by molar-refractivity contribution is 0.415. The van der Waals surface area contributed by atoms with Gasteiger partial charge in [-0.05, 0) is 41.5 Å². The van der Waals surface area contributed by atoms with Gasteiger partial charge in [0.25, 0.3) is 0 Å². The molecule has 2 heteroatoms. The Bertz CT molecular complexity index is 403. The van der Waals surface area contributed by atoms with E-state index in [1.807, 2.05) is 0 Å². The smallest absolute Gasteiger partial charge is 0.119 e. The fourth-order valence-corrected chi connectivity index (χ4v) is 2.20. The van der Waals surface area contributed by atoms with Gasteiger partial charge < -0.3 is 4.74 Å². The first-order chi connectivity index (χ1) is 5.81. The summed E-state index contributed by atoms with van der Waals surface area (Å²) in [6, 6.07) is 6.26. The van der Waals surface area contributed by atoms with Gasteiger partial charge in [0.1, 0.15) is 5.75 Å². The van der Waals surface area contributed by atoms with Gasteiger partial charge in [0.05, 0.1) is 7.11 Å². The summed E-state index contributed by atoms with van der Waals surface area (Å²) >= 11 is 1.78. The molecule has 0 unspecified atom stereocenters. The Morgan fingerprint density at radius 3 is 2.92 bits per heavy atom. The Balaban J connectivity index is 2.75. The third-order valence-electron chi connectivity index (χ3n) is 1.95. The molecule has 0 spiro atoms. The van der Waals surface area contributed by atoms with Gasteiger partial charge >= 0.3 is 0 Å². The van der Waals surface area contributed by atoms with Crippen LogP contribution in [0.25, 0.3) is 10.1 Å². The van der Waals surface area contributed by atoms with Crippen LogP contribution in [0, 0.1) is 6.92 Å². The quantitative estimate of drug-likeness (QED) is 0.651. The predicted molar refractivity (Wildman–Crippen MR) is 53.1 cm³/mol. The number of methoxy groups -OCH3 is 1. The highest BCUT2D eigenvalue weighted by Gasteiger charge is 2.00. The molecule has 0 bridgehead atoms. The molecule has 0 saturated heterocycles. The average molecular weight is 178 g/mol. The molecular weight excluding hydrogens is 168 g/mol. The second-order valence-electron chi connectivity index (χ2n) is 2.78. The third kappa shape index (κ3) is 1.08. The van der Waals surface area contributed by atoms with Crippen molar-refractivity contribution in [1.82, 2.24) is 0 Å². The first-order valence-electron chi connectivity index (χ1n) is 3.83. The van der Waals surface area contributed by atoms with Crippen molar-refractivity contribution < 1.29 is 4.74 Å². The van der Waals surface area contributed by atoms with Crippen molar-refractivity contribution in [2.45, 2.75) is 6.92 Å². The van der Waals surface area contributed by atoms with Crippen LogP contribution in [0.3, 0.4) is 0 Å². The van der Waals surface area contributed by atoms with E-state index in [4.69, 9.17) is 4.74 Å². The van der Waals surface area contributed by atoms with E-state index in [1.165, 1.54) is 15.6 Å². The molecule has 0 saturated carbocycles. The van der Waals surface area contributed by atoms with Crippen LogP contribution < -0.4 is 4.74 Å². The Morgan fingerprint density at radius 1 is 1.33 bits per heavy atom. The van der Waals surface area contributed by atoms with E-state index >= 15 is 0 Å². The van der Waals surface area contributed by atoms with Crippen molar-refractivity contribution in [2.24, 2.45) is 0 Å². The standard InChI is InChI=1S/C10H10OS/c1-7-5-9(11-2)6-8-3-4-12-10(7)8/h3-6H,1-2H3. The second-order valence-corrected chi connectivity index (χ2v) is 3.70. The van der Waals surface area contributed by atoms with E-state index in [2.05, 4.69) is 30.5 Å². The van der Waals surface area contributed by atoms with E-state index in [1.54, 1.807) is 18.4 Å². The number of aryl methyl sites for hydroxylation is 1. The predicted octanol–water partition coefficient (Wildman–Crippen LogP) is 3.22. The zero-order valence-electron chi connectivity index (χ0n) is 7.13. The molecule has 0 radical (unpaired) electrons. The minimum Gasteiger partial charge on any atom is -0.497 e. The lowest BCUT2D eigenvalue weighted by atomic mass is 10.2. The maximum absolute atomic E-state index is 5.18. The van der Waals surface area contributed by atoms with Crippen LogP contribution in [0.5, 0.6) is 5.75 Å². The fraction of sp³-hybridized carbons (Fsp3) is 0.200. The monoisotopic (exact) mass is 178 g/mol. The summed E-state index contributed by atoms with van der Waals surface area (Å²) in [5.74, 6) is 0.943. The maximum Gasteiger partial charge on any atom is 0.119 e. The second kappa shape index (κ2) is 2.79. The molecule has 1 heterocycles. The van der Waals surface area contributed by atoms with Crippen LogP contribution in [-0.2, 0) is 0 Å². The van der Waals surface area contributed by atoms with Gasteiger partial charge in [-0.15, -0.1) is 11.3 Å². The van der Waals surface area contributed by atoms with Gasteiger partial charge in [-0.3, -0.25) is 0 Å². The number of ether oxygens (including phenoxy) is 1. The number of benzene rings is 1. The summed E-state index contributed by atoms with van der Waals surface area (Å²) in [7, 11) is 1.70. The van der Waals surface area contributed by atoms with E-state index < -0.39 is 0 Å². The molecule has 62 valence electrons. The molecule has 0 aliphatic carbocycles. The van der Waals surface area contributed by atoms with Crippen LogP contribution in [0.4, 0.5) is 0 Å². The van der Waals surface area contributed by atoms with Crippen molar-refractivity contribution in [3.05, 3.63) is 29.1 Å². The Hall–Kier alpha value is -1.02. The summed E-state index contributed by atoms with van der Waals surface area (Å²) in [6.45, 7) is 2.11. The van der Waals surface area contributed by atoms with Crippen LogP contribution in [0.15, 0.2) is 23.6 Å². The van der Waals surface area contributed by atoms with E-state index in [0.717, 1.165) is 5.75 Å². The third-order valence-corrected chi connectivity index (χ3v) is 3.01. The number of hydrogen-bond donors (Lipinski definition) is 0. The highest BCUT2D eigenvalue weighted by Crippen LogP contribution is 2.28. The Kier molecular flexibility index (Phi) is 1.77. The SMILES string of the molecule is COc1cc(C)c2sccc2c1. The van der Waals surface area contributed by atoms with Crippen LogP contribution >= 0.6 is 11.3 Å². The molecular formula is C10H10OS. The molecule has 2 rings (SSSR count). The van der Waals surface area contributed by atoms with Crippen molar-refractivity contribution in [2.75, 3.05) is 7.11 Å². The summed E-state index contributed by atoms with van der Waals surface area (Å²) < 4.78 is 6.53. The normalized spacial score (nSPS) is 10.5. The van der Waals surface area contributed by atoms with Gasteiger partial charge in [0.2, 0.25) is 0 Å². The topological polar surface area (TPSA) is 9.23 Å². The minimum atomic E-state index is 0.943. The highest BCUT2D eigenvalue weighted by atomic mass is 32.1. The molecule has 0 fully saturated rings. The molecule has 2 aromatic rings. The van der Waals surface area contributed by atoms with Gasteiger partial charge in [-0.1, -0.05) is 0 Å².